The van der Waals surface area contributed by atoms with Gasteiger partial charge in [-0.05, 0) is 19.9 Å². The highest BCUT2D eigenvalue weighted by Crippen LogP contribution is 2.19. The predicted octanol–water partition coefficient (Wildman–Crippen LogP) is -0.446. The van der Waals surface area contributed by atoms with Crippen LogP contribution in [0.15, 0.2) is 10.9 Å². The molecule has 1 fully saturated rings. The summed E-state index contributed by atoms with van der Waals surface area (Å²) in [6.07, 6.45) is 1.83. The summed E-state index contributed by atoms with van der Waals surface area (Å²) in [5.74, 6) is -0.966. The van der Waals surface area contributed by atoms with Crippen molar-refractivity contribution < 1.29 is 19.1 Å². The van der Waals surface area contributed by atoms with Crippen molar-refractivity contribution in [2.45, 2.75) is 31.3 Å². The van der Waals surface area contributed by atoms with Gasteiger partial charge in [0.15, 0.2) is 0 Å². The molecule has 1 saturated heterocycles. The van der Waals surface area contributed by atoms with E-state index in [-0.39, 0.29) is 18.4 Å². The van der Waals surface area contributed by atoms with E-state index in [2.05, 4.69) is 20.4 Å². The quantitative estimate of drug-likeness (QED) is 0.644. The minimum Gasteiger partial charge on any atom is -0.468 e. The van der Waals surface area contributed by atoms with Gasteiger partial charge in [0.2, 0.25) is 11.8 Å². The van der Waals surface area contributed by atoms with Gasteiger partial charge in [-0.25, -0.2) is 4.98 Å². The van der Waals surface area contributed by atoms with Gasteiger partial charge >= 0.3 is 5.97 Å². The maximum atomic E-state index is 12.8. The van der Waals surface area contributed by atoms with Gasteiger partial charge in [-0.3, -0.25) is 14.4 Å². The summed E-state index contributed by atoms with van der Waals surface area (Å²) in [5, 5.41) is 7.43. The van der Waals surface area contributed by atoms with Gasteiger partial charge in [0.1, 0.15) is 12.6 Å². The lowest BCUT2D eigenvalue weighted by Crippen LogP contribution is -2.53. The molecule has 0 radical (unpaired) electrons. The van der Waals surface area contributed by atoms with Crippen molar-refractivity contribution in [1.82, 2.24) is 20.5 Å². The van der Waals surface area contributed by atoms with E-state index in [4.69, 9.17) is 0 Å². The maximum absolute atomic E-state index is 12.8. The molecular weight excluding hydrogens is 332 g/mol. The number of nitrogens with one attached hydrogen (secondary N) is 2. The highest BCUT2D eigenvalue weighted by molar-refractivity contribution is 7.07. The number of thiazole rings is 1. The topological polar surface area (TPSA) is 101 Å². The predicted molar refractivity (Wildman–Crippen MR) is 88.4 cm³/mol. The minimum absolute atomic E-state index is 0.124. The number of rotatable bonds is 7. The lowest BCUT2D eigenvalue weighted by Gasteiger charge is -2.27. The SMILES string of the molecule is CNC(Cc1cscn1)C(=O)N1CCCC1C(=O)NCC(=O)OC. The summed E-state index contributed by atoms with van der Waals surface area (Å²) in [6.45, 7) is 0.340. The molecular formula is C15H22N4O4S. The summed E-state index contributed by atoms with van der Waals surface area (Å²) in [6, 6.07) is -0.977. The van der Waals surface area contributed by atoms with Gasteiger partial charge in [0, 0.05) is 18.3 Å². The number of hydrogen-bond acceptors (Lipinski definition) is 7. The molecule has 0 aromatic carbocycles. The summed E-state index contributed by atoms with van der Waals surface area (Å²) >= 11 is 1.48. The second-order valence-electron chi connectivity index (χ2n) is 5.51. The molecule has 0 saturated carbocycles. The molecule has 24 heavy (non-hydrogen) atoms. The first-order valence-electron chi connectivity index (χ1n) is 7.76. The van der Waals surface area contributed by atoms with Crippen molar-refractivity contribution in [3.8, 4) is 0 Å². The zero-order chi connectivity index (χ0) is 17.5. The highest BCUT2D eigenvalue weighted by Gasteiger charge is 2.36. The van der Waals surface area contributed by atoms with E-state index < -0.39 is 18.1 Å². The number of carbonyl (C=O) groups excluding carboxylic acids is 3. The van der Waals surface area contributed by atoms with E-state index in [1.54, 1.807) is 17.5 Å². The van der Waals surface area contributed by atoms with Crippen LogP contribution >= 0.6 is 11.3 Å². The molecule has 2 N–H and O–H groups in total. The van der Waals surface area contributed by atoms with E-state index in [0.717, 1.165) is 12.1 Å². The monoisotopic (exact) mass is 354 g/mol. The molecule has 1 aromatic heterocycles. The van der Waals surface area contributed by atoms with Crippen LogP contribution in [0.1, 0.15) is 18.5 Å². The van der Waals surface area contributed by atoms with Crippen LogP contribution in [-0.4, -0.2) is 67.0 Å². The lowest BCUT2D eigenvalue weighted by atomic mass is 10.1. The van der Waals surface area contributed by atoms with Gasteiger partial charge < -0.3 is 20.3 Å². The first-order chi connectivity index (χ1) is 11.6. The zero-order valence-corrected chi connectivity index (χ0v) is 14.6. The number of esters is 1. The van der Waals surface area contributed by atoms with E-state index in [0.29, 0.717) is 19.4 Å². The Balaban J connectivity index is 1.98. The van der Waals surface area contributed by atoms with Gasteiger partial charge in [-0.15, -0.1) is 11.3 Å². The summed E-state index contributed by atoms with van der Waals surface area (Å²) in [5.41, 5.74) is 2.57. The smallest absolute Gasteiger partial charge is 0.325 e. The van der Waals surface area contributed by atoms with E-state index in [9.17, 15) is 14.4 Å². The fraction of sp³-hybridized carbons (Fsp3) is 0.600. The Morgan fingerprint density at radius 2 is 2.29 bits per heavy atom. The Bertz CT molecular complexity index is 578. The molecule has 9 heteroatoms. The number of ether oxygens (including phenoxy) is 1. The van der Waals surface area contributed by atoms with Crippen molar-refractivity contribution in [2.75, 3.05) is 27.2 Å². The number of aromatic nitrogens is 1. The van der Waals surface area contributed by atoms with Gasteiger partial charge in [-0.2, -0.15) is 0 Å². The van der Waals surface area contributed by atoms with Gasteiger partial charge in [-0.1, -0.05) is 0 Å². The Labute approximate surface area is 144 Å². The fourth-order valence-electron chi connectivity index (χ4n) is 2.71. The van der Waals surface area contributed by atoms with Gasteiger partial charge in [0.05, 0.1) is 24.4 Å². The van der Waals surface area contributed by atoms with E-state index in [1.807, 2.05) is 5.38 Å². The zero-order valence-electron chi connectivity index (χ0n) is 13.8. The number of likely N-dealkylation sites (N-methyl/N-ethyl adjacent to an activating group) is 1. The average molecular weight is 354 g/mol. The summed E-state index contributed by atoms with van der Waals surface area (Å²) < 4.78 is 4.50. The van der Waals surface area contributed by atoms with Crippen LogP contribution in [0.5, 0.6) is 0 Å². The van der Waals surface area contributed by atoms with Gasteiger partial charge in [0.25, 0.3) is 0 Å². The first-order valence-corrected chi connectivity index (χ1v) is 8.70. The molecule has 132 valence electrons. The number of methoxy groups -OCH3 is 1. The Morgan fingerprint density at radius 3 is 2.92 bits per heavy atom. The van der Waals surface area contributed by atoms with Crippen LogP contribution in [0.3, 0.4) is 0 Å². The molecule has 0 spiro atoms. The highest BCUT2D eigenvalue weighted by atomic mass is 32.1. The third kappa shape index (κ3) is 4.51. The molecule has 2 heterocycles. The summed E-state index contributed by atoms with van der Waals surface area (Å²) in [4.78, 5) is 42.0. The normalized spacial score (nSPS) is 18.2. The Morgan fingerprint density at radius 1 is 1.50 bits per heavy atom. The van der Waals surface area contributed by atoms with Crippen LogP contribution < -0.4 is 10.6 Å². The van der Waals surface area contributed by atoms with E-state index >= 15 is 0 Å². The van der Waals surface area contributed by atoms with Crippen molar-refractivity contribution in [1.29, 1.82) is 0 Å². The van der Waals surface area contributed by atoms with Crippen LogP contribution in [0.2, 0.25) is 0 Å². The molecule has 1 aliphatic rings. The van der Waals surface area contributed by atoms with E-state index in [1.165, 1.54) is 18.4 Å². The molecule has 2 rings (SSSR count). The molecule has 8 nitrogen and oxygen atoms in total. The standard InChI is InChI=1S/C15H22N4O4S/c1-16-11(6-10-8-24-9-18-10)15(22)19-5-3-4-12(19)14(21)17-7-13(20)23-2/h8-9,11-12,16H,3-7H2,1-2H3,(H,17,21). The minimum atomic E-state index is -0.548. The number of hydrogen-bond donors (Lipinski definition) is 2. The lowest BCUT2D eigenvalue weighted by molar-refractivity contribution is -0.143. The van der Waals surface area contributed by atoms with Crippen molar-refractivity contribution in [3.05, 3.63) is 16.6 Å². The van der Waals surface area contributed by atoms with Crippen LogP contribution in [0, 0.1) is 0 Å². The molecule has 0 bridgehead atoms. The van der Waals surface area contributed by atoms with Crippen LogP contribution in [0.25, 0.3) is 0 Å². The largest absolute Gasteiger partial charge is 0.468 e. The number of likely N-dealkylation sites (tertiary alicyclic amines) is 1. The fourth-order valence-corrected chi connectivity index (χ4v) is 3.28. The number of nitrogens with zero attached hydrogens (tertiary/aromatic N) is 2. The molecule has 0 aliphatic carbocycles. The Hall–Kier alpha value is -2.00. The molecule has 2 unspecified atom stereocenters. The Kier molecular flexibility index (Phi) is 6.68. The van der Waals surface area contributed by atoms with Crippen LogP contribution in [-0.2, 0) is 25.5 Å². The number of amides is 2. The maximum Gasteiger partial charge on any atom is 0.325 e. The molecule has 1 aliphatic heterocycles. The van der Waals surface area contributed by atoms with Crippen molar-refractivity contribution in [3.63, 3.8) is 0 Å². The van der Waals surface area contributed by atoms with Crippen molar-refractivity contribution in [2.24, 2.45) is 0 Å². The molecule has 2 atom stereocenters. The summed E-state index contributed by atoms with van der Waals surface area (Å²) in [7, 11) is 2.98. The third-order valence-corrected chi connectivity index (χ3v) is 4.65. The number of carbonyl (C=O) groups is 3. The third-order valence-electron chi connectivity index (χ3n) is 4.02. The molecule has 2 amide bonds. The van der Waals surface area contributed by atoms with Crippen LogP contribution in [0.4, 0.5) is 0 Å². The second kappa shape index (κ2) is 8.74. The first kappa shape index (κ1) is 18.3. The average Bonchev–Trinajstić information content (AvgIpc) is 3.27. The molecule has 1 aromatic rings. The van der Waals surface area contributed by atoms with Crippen molar-refractivity contribution >= 4 is 29.1 Å². The second-order valence-corrected chi connectivity index (χ2v) is 6.23.